The summed E-state index contributed by atoms with van der Waals surface area (Å²) in [6, 6.07) is 8.15. The van der Waals surface area contributed by atoms with Crippen molar-refractivity contribution < 1.29 is 4.74 Å². The quantitative estimate of drug-likeness (QED) is 0.930. The van der Waals surface area contributed by atoms with E-state index in [9.17, 15) is 0 Å². The maximum Gasteiger partial charge on any atom is 0.318 e. The molecule has 1 aromatic carbocycles. The molecule has 100 valence electrons. The van der Waals surface area contributed by atoms with Gasteiger partial charge in [-0.15, -0.1) is 0 Å². The Morgan fingerprint density at radius 1 is 1.42 bits per heavy atom. The van der Waals surface area contributed by atoms with Gasteiger partial charge in [0.2, 0.25) is 0 Å². The fourth-order valence-corrected chi connectivity index (χ4v) is 1.91. The summed E-state index contributed by atoms with van der Waals surface area (Å²) in [5, 5.41) is 0.460. The molecule has 0 fully saturated rings. The SMILES string of the molecule is COc1ncc(Cl)c(N(C)c2cccc(CN)c2)n1. The molecule has 19 heavy (non-hydrogen) atoms. The summed E-state index contributed by atoms with van der Waals surface area (Å²) in [6.45, 7) is 0.489. The first kappa shape index (κ1) is 13.6. The number of halogens is 1. The second kappa shape index (κ2) is 5.86. The Balaban J connectivity index is 2.39. The van der Waals surface area contributed by atoms with Crippen molar-refractivity contribution in [2.45, 2.75) is 6.54 Å². The largest absolute Gasteiger partial charge is 0.467 e. The van der Waals surface area contributed by atoms with Gasteiger partial charge in [0.25, 0.3) is 0 Å². The molecule has 0 aliphatic rings. The fourth-order valence-electron chi connectivity index (χ4n) is 1.69. The summed E-state index contributed by atoms with van der Waals surface area (Å²) >= 11 is 6.12. The molecule has 0 saturated carbocycles. The molecule has 0 aliphatic carbocycles. The van der Waals surface area contributed by atoms with Crippen molar-refractivity contribution in [1.82, 2.24) is 9.97 Å². The second-order valence-corrected chi connectivity index (χ2v) is 4.37. The van der Waals surface area contributed by atoms with Crippen molar-refractivity contribution >= 4 is 23.1 Å². The minimum atomic E-state index is 0.279. The Bertz CT molecular complexity index is 576. The predicted molar refractivity (Wildman–Crippen MR) is 76.0 cm³/mol. The molecule has 0 saturated heterocycles. The van der Waals surface area contributed by atoms with Crippen LogP contribution in [-0.4, -0.2) is 24.1 Å². The molecule has 0 amide bonds. The molecule has 0 aliphatic heterocycles. The molecule has 0 atom stereocenters. The van der Waals surface area contributed by atoms with E-state index in [2.05, 4.69) is 9.97 Å². The lowest BCUT2D eigenvalue weighted by Gasteiger charge is -2.20. The van der Waals surface area contributed by atoms with Gasteiger partial charge in [0, 0.05) is 19.3 Å². The lowest BCUT2D eigenvalue weighted by atomic mass is 10.2. The molecular weight excluding hydrogens is 264 g/mol. The maximum absolute atomic E-state index is 6.12. The number of rotatable bonds is 4. The van der Waals surface area contributed by atoms with Crippen LogP contribution in [0.5, 0.6) is 6.01 Å². The van der Waals surface area contributed by atoms with E-state index in [4.69, 9.17) is 22.1 Å². The van der Waals surface area contributed by atoms with Gasteiger partial charge in [0.1, 0.15) is 5.02 Å². The van der Waals surface area contributed by atoms with E-state index in [1.165, 1.54) is 13.3 Å². The molecule has 6 heteroatoms. The highest BCUT2D eigenvalue weighted by molar-refractivity contribution is 6.32. The van der Waals surface area contributed by atoms with E-state index in [-0.39, 0.29) is 6.01 Å². The van der Waals surface area contributed by atoms with Crippen LogP contribution in [0.4, 0.5) is 11.5 Å². The van der Waals surface area contributed by atoms with Crippen LogP contribution in [0.25, 0.3) is 0 Å². The summed E-state index contributed by atoms with van der Waals surface area (Å²) in [5.41, 5.74) is 7.64. The average Bonchev–Trinajstić information content (AvgIpc) is 2.47. The summed E-state index contributed by atoms with van der Waals surface area (Å²) in [4.78, 5) is 10.1. The van der Waals surface area contributed by atoms with E-state index >= 15 is 0 Å². The van der Waals surface area contributed by atoms with Crippen LogP contribution in [-0.2, 0) is 6.54 Å². The number of ether oxygens (including phenoxy) is 1. The zero-order valence-electron chi connectivity index (χ0n) is 10.8. The fraction of sp³-hybridized carbons (Fsp3) is 0.231. The van der Waals surface area contributed by atoms with Crippen LogP contribution in [0.1, 0.15) is 5.56 Å². The number of nitrogens with two attached hydrogens (primary N) is 1. The van der Waals surface area contributed by atoms with Crippen LogP contribution >= 0.6 is 11.6 Å². The third-order valence-corrected chi connectivity index (χ3v) is 3.00. The van der Waals surface area contributed by atoms with Gasteiger partial charge in [-0.2, -0.15) is 4.98 Å². The van der Waals surface area contributed by atoms with E-state index in [1.54, 1.807) is 0 Å². The van der Waals surface area contributed by atoms with Crippen molar-refractivity contribution in [1.29, 1.82) is 0 Å². The summed E-state index contributed by atoms with van der Waals surface area (Å²) in [7, 11) is 3.39. The van der Waals surface area contributed by atoms with Gasteiger partial charge in [-0.05, 0) is 17.7 Å². The van der Waals surface area contributed by atoms with Crippen LogP contribution in [0, 0.1) is 0 Å². The van der Waals surface area contributed by atoms with Gasteiger partial charge in [0.05, 0.1) is 13.3 Å². The average molecular weight is 279 g/mol. The van der Waals surface area contributed by atoms with E-state index < -0.39 is 0 Å². The third kappa shape index (κ3) is 2.94. The van der Waals surface area contributed by atoms with Gasteiger partial charge in [-0.1, -0.05) is 23.7 Å². The van der Waals surface area contributed by atoms with E-state index in [0.29, 0.717) is 17.4 Å². The molecule has 1 aromatic heterocycles. The highest BCUT2D eigenvalue weighted by atomic mass is 35.5. The first-order valence-corrected chi connectivity index (χ1v) is 6.12. The first-order chi connectivity index (χ1) is 9.15. The Morgan fingerprint density at radius 2 is 2.21 bits per heavy atom. The molecule has 1 heterocycles. The van der Waals surface area contributed by atoms with Gasteiger partial charge in [-0.25, -0.2) is 4.98 Å². The number of aromatic nitrogens is 2. The minimum absolute atomic E-state index is 0.279. The van der Waals surface area contributed by atoms with Crippen molar-refractivity contribution in [2.24, 2.45) is 5.73 Å². The van der Waals surface area contributed by atoms with Crippen molar-refractivity contribution in [3.8, 4) is 6.01 Å². The molecule has 0 unspecified atom stereocenters. The molecule has 0 radical (unpaired) electrons. The summed E-state index contributed by atoms with van der Waals surface area (Å²) < 4.78 is 5.01. The first-order valence-electron chi connectivity index (χ1n) is 5.75. The normalized spacial score (nSPS) is 10.3. The standard InChI is InChI=1S/C13H15ClN4O/c1-18(10-5-3-4-9(6-10)7-15)12-11(14)8-16-13(17-12)19-2/h3-6,8H,7,15H2,1-2H3. The zero-order chi connectivity index (χ0) is 13.8. The predicted octanol–water partition coefficient (Wildman–Crippen LogP) is 2.37. The van der Waals surface area contributed by atoms with Gasteiger partial charge < -0.3 is 15.4 Å². The number of nitrogens with zero attached hydrogens (tertiary/aromatic N) is 3. The van der Waals surface area contributed by atoms with Crippen LogP contribution in [0.15, 0.2) is 30.5 Å². The molecule has 0 bridgehead atoms. The molecule has 0 spiro atoms. The molecule has 2 N–H and O–H groups in total. The molecule has 2 rings (SSSR count). The van der Waals surface area contributed by atoms with Gasteiger partial charge in [0.15, 0.2) is 5.82 Å². The number of methoxy groups -OCH3 is 1. The Hall–Kier alpha value is -1.85. The molecule has 5 nitrogen and oxygen atoms in total. The van der Waals surface area contributed by atoms with E-state index in [0.717, 1.165) is 11.3 Å². The minimum Gasteiger partial charge on any atom is -0.467 e. The monoisotopic (exact) mass is 278 g/mol. The number of hydrogen-bond donors (Lipinski definition) is 1. The van der Waals surface area contributed by atoms with Crippen LogP contribution in [0.3, 0.4) is 0 Å². The maximum atomic E-state index is 6.12. The smallest absolute Gasteiger partial charge is 0.318 e. The highest BCUT2D eigenvalue weighted by Crippen LogP contribution is 2.29. The third-order valence-electron chi connectivity index (χ3n) is 2.74. The van der Waals surface area contributed by atoms with Crippen LogP contribution < -0.4 is 15.4 Å². The Labute approximate surface area is 117 Å². The van der Waals surface area contributed by atoms with Gasteiger partial charge in [-0.3, -0.25) is 0 Å². The molecular formula is C13H15ClN4O. The Morgan fingerprint density at radius 3 is 2.89 bits per heavy atom. The van der Waals surface area contributed by atoms with Gasteiger partial charge >= 0.3 is 6.01 Å². The summed E-state index contributed by atoms with van der Waals surface area (Å²) in [5.74, 6) is 0.586. The Kier molecular flexibility index (Phi) is 4.19. The number of hydrogen-bond acceptors (Lipinski definition) is 5. The van der Waals surface area contributed by atoms with Crippen molar-refractivity contribution in [3.05, 3.63) is 41.0 Å². The lowest BCUT2D eigenvalue weighted by molar-refractivity contribution is 0.380. The second-order valence-electron chi connectivity index (χ2n) is 3.96. The number of anilines is 2. The van der Waals surface area contributed by atoms with Crippen LogP contribution in [0.2, 0.25) is 5.02 Å². The van der Waals surface area contributed by atoms with Crippen molar-refractivity contribution in [2.75, 3.05) is 19.1 Å². The van der Waals surface area contributed by atoms with Crippen molar-refractivity contribution in [3.63, 3.8) is 0 Å². The topological polar surface area (TPSA) is 64.3 Å². The van der Waals surface area contributed by atoms with E-state index in [1.807, 2.05) is 36.2 Å². The lowest BCUT2D eigenvalue weighted by Crippen LogP contribution is -2.13. The summed E-state index contributed by atoms with van der Waals surface area (Å²) in [6.07, 6.45) is 1.52. The zero-order valence-corrected chi connectivity index (χ0v) is 11.6. The highest BCUT2D eigenvalue weighted by Gasteiger charge is 2.12. The number of benzene rings is 1. The molecule has 2 aromatic rings.